The van der Waals surface area contributed by atoms with Crippen LogP contribution in [-0.4, -0.2) is 77.9 Å². The molecule has 14 heteroatoms. The fourth-order valence-corrected chi connectivity index (χ4v) is 6.90. The fraction of sp³-hybridized carbons (Fsp3) is 0.312. The van der Waals surface area contributed by atoms with Gasteiger partial charge in [0, 0.05) is 46.2 Å². The second-order valence-corrected chi connectivity index (χ2v) is 11.6. The first-order valence-corrected chi connectivity index (χ1v) is 14.2. The zero-order valence-corrected chi connectivity index (χ0v) is 24.2. The van der Waals surface area contributed by atoms with Gasteiger partial charge in [0.25, 0.3) is 0 Å². The van der Waals surface area contributed by atoms with Crippen LogP contribution in [-0.2, 0) is 31.9 Å². The number of carboxylic acid groups (broad SMARTS) is 2. The minimum Gasteiger partial charge on any atom is -0.507 e. The summed E-state index contributed by atoms with van der Waals surface area (Å²) in [6.45, 7) is 2.93. The molecular weight excluding hydrogens is 608 g/mol. The molecule has 2 aromatic carbocycles. The predicted molar refractivity (Wildman–Crippen MR) is 152 cm³/mol. The van der Waals surface area contributed by atoms with Gasteiger partial charge in [0.15, 0.2) is 23.1 Å². The summed E-state index contributed by atoms with van der Waals surface area (Å²) in [6.07, 6.45) is -3.65. The van der Waals surface area contributed by atoms with E-state index < -0.39 is 129 Å². The lowest BCUT2D eigenvalue weighted by Crippen LogP contribution is -2.31. The number of Topliss-reactive ketones (excluding diaryl/α,β-unsaturated/α-hetero) is 2. The molecule has 2 aliphatic heterocycles. The largest absolute Gasteiger partial charge is 0.507 e. The lowest BCUT2D eigenvalue weighted by molar-refractivity contribution is -0.143. The van der Waals surface area contributed by atoms with Crippen LogP contribution in [0.15, 0.2) is 23.3 Å². The molecule has 0 saturated heterocycles. The summed E-state index contributed by atoms with van der Waals surface area (Å²) in [6, 6.07) is 0. The Morgan fingerprint density at radius 3 is 1.39 bits per heavy atom. The van der Waals surface area contributed by atoms with Crippen molar-refractivity contribution in [3.63, 3.8) is 0 Å². The van der Waals surface area contributed by atoms with Gasteiger partial charge < -0.3 is 40.1 Å². The van der Waals surface area contributed by atoms with Crippen molar-refractivity contribution in [1.29, 1.82) is 0 Å². The highest BCUT2D eigenvalue weighted by Gasteiger charge is 2.44. The van der Waals surface area contributed by atoms with E-state index in [4.69, 9.17) is 9.47 Å². The molecule has 0 spiro atoms. The summed E-state index contributed by atoms with van der Waals surface area (Å²) in [5.41, 5.74) is -3.73. The van der Waals surface area contributed by atoms with Crippen LogP contribution in [0.2, 0.25) is 0 Å². The number of rotatable bonds is 5. The number of ether oxygens (including phenoxy) is 2. The van der Waals surface area contributed by atoms with Crippen LogP contribution in [0, 0.1) is 0 Å². The molecule has 0 amide bonds. The number of carbonyl (C=O) groups excluding carboxylic acids is 4. The number of carbonyl (C=O) groups is 6. The number of aromatic hydroxyl groups is 4. The van der Waals surface area contributed by atoms with Crippen molar-refractivity contribution < 1.29 is 68.9 Å². The average molecular weight is 635 g/mol. The Labute approximate surface area is 258 Å². The zero-order valence-electron chi connectivity index (χ0n) is 24.2. The van der Waals surface area contributed by atoms with E-state index in [9.17, 15) is 59.4 Å². The van der Waals surface area contributed by atoms with Crippen molar-refractivity contribution in [1.82, 2.24) is 0 Å². The summed E-state index contributed by atoms with van der Waals surface area (Å²) in [4.78, 5) is 77.1. The number of phenols is 4. The molecule has 4 unspecified atom stereocenters. The maximum absolute atomic E-state index is 13.9. The van der Waals surface area contributed by atoms with Gasteiger partial charge in [-0.3, -0.25) is 28.8 Å². The third-order valence-electron chi connectivity index (χ3n) is 8.73. The molecule has 2 aromatic rings. The van der Waals surface area contributed by atoms with Gasteiger partial charge in [-0.1, -0.05) is 0 Å². The highest BCUT2D eigenvalue weighted by Crippen LogP contribution is 2.51. The van der Waals surface area contributed by atoms with E-state index in [0.717, 1.165) is 6.08 Å². The molecule has 238 valence electrons. The van der Waals surface area contributed by atoms with E-state index in [0.29, 0.717) is 6.08 Å². The molecule has 6 N–H and O–H groups in total. The van der Waals surface area contributed by atoms with Crippen LogP contribution in [0.25, 0.3) is 0 Å². The summed E-state index contributed by atoms with van der Waals surface area (Å²) >= 11 is 0. The van der Waals surface area contributed by atoms with E-state index in [-0.39, 0.29) is 35.1 Å². The Morgan fingerprint density at radius 1 is 0.630 bits per heavy atom. The molecule has 4 atom stereocenters. The molecule has 4 aliphatic rings. The Morgan fingerprint density at radius 2 is 0.978 bits per heavy atom. The molecule has 0 saturated carbocycles. The second-order valence-electron chi connectivity index (χ2n) is 11.6. The summed E-state index contributed by atoms with van der Waals surface area (Å²) < 4.78 is 11.3. The van der Waals surface area contributed by atoms with Crippen molar-refractivity contribution in [2.75, 3.05) is 0 Å². The smallest absolute Gasteiger partial charge is 0.305 e. The lowest BCUT2D eigenvalue weighted by atomic mass is 9.75. The van der Waals surface area contributed by atoms with Crippen molar-refractivity contribution in [2.45, 2.75) is 63.9 Å². The Hall–Kier alpha value is -5.34. The average Bonchev–Trinajstić information content (AvgIpc) is 2.95. The number of benzene rings is 2. The fourth-order valence-electron chi connectivity index (χ4n) is 6.90. The van der Waals surface area contributed by atoms with E-state index in [1.54, 1.807) is 0 Å². The third-order valence-corrected chi connectivity index (χ3v) is 8.73. The van der Waals surface area contributed by atoms with Crippen molar-refractivity contribution >= 4 is 35.1 Å². The highest BCUT2D eigenvalue weighted by atomic mass is 16.5. The number of carboxylic acids is 2. The Kier molecular flexibility index (Phi) is 7.09. The molecular formula is C32H26O14. The van der Waals surface area contributed by atoms with Gasteiger partial charge in [0.05, 0.1) is 59.5 Å². The number of fused-ring (bicyclic) bond motifs is 4. The molecule has 14 nitrogen and oxygen atoms in total. The SMILES string of the molecule is CC1OC(CC(=O)O)Cc2c(O)c3c(c(O)c21)C(=O)C=C(C1=CC(=O)c2c(O)c4c(c(O)c2C1=O)C(C)OC(CC(=O)O)C4)C3=O. The maximum atomic E-state index is 13.9. The first-order valence-electron chi connectivity index (χ1n) is 14.2. The standard InChI is InChI=1S/C32H26O14/c1-9-21-16(4-12(45-9)6-20(37)38)30(42)25-24(31(21)43)18(34)8-13(27(25)39)14-7-17(33)23-26(28(14)40)32(44)22-10(2)46-11(5-19(35)36)3-15(22)29(23)41/h7-12,41-44H,3-6H2,1-2H3,(H,35,36)(H,37,38). The summed E-state index contributed by atoms with van der Waals surface area (Å²) in [7, 11) is 0. The van der Waals surface area contributed by atoms with Crippen LogP contribution >= 0.6 is 0 Å². The van der Waals surface area contributed by atoms with Crippen LogP contribution in [0.5, 0.6) is 23.0 Å². The van der Waals surface area contributed by atoms with Crippen LogP contribution < -0.4 is 0 Å². The van der Waals surface area contributed by atoms with E-state index in [2.05, 4.69) is 0 Å². The van der Waals surface area contributed by atoms with Crippen LogP contribution in [0.1, 0.15) is 103 Å². The molecule has 0 radical (unpaired) electrons. The minimum absolute atomic E-state index is 0.0000519. The summed E-state index contributed by atoms with van der Waals surface area (Å²) in [5.74, 6) is -9.33. The van der Waals surface area contributed by atoms with Gasteiger partial charge in [-0.2, -0.15) is 0 Å². The molecule has 0 bridgehead atoms. The van der Waals surface area contributed by atoms with Crippen LogP contribution in [0.4, 0.5) is 0 Å². The maximum Gasteiger partial charge on any atom is 0.305 e. The quantitative estimate of drug-likeness (QED) is 0.259. The van der Waals surface area contributed by atoms with Gasteiger partial charge in [-0.25, -0.2) is 0 Å². The monoisotopic (exact) mass is 634 g/mol. The van der Waals surface area contributed by atoms with E-state index in [1.165, 1.54) is 13.8 Å². The number of allylic oxidation sites excluding steroid dienone is 4. The van der Waals surface area contributed by atoms with Crippen molar-refractivity contribution in [3.8, 4) is 23.0 Å². The molecule has 2 aliphatic carbocycles. The molecule has 46 heavy (non-hydrogen) atoms. The lowest BCUT2D eigenvalue weighted by Gasteiger charge is -2.33. The predicted octanol–water partition coefficient (Wildman–Crippen LogP) is 2.77. The Balaban J connectivity index is 1.45. The number of aliphatic carboxylic acids is 2. The highest BCUT2D eigenvalue weighted by molar-refractivity contribution is 6.36. The molecule has 0 fully saturated rings. The first kappa shape index (κ1) is 30.7. The number of hydrogen-bond acceptors (Lipinski definition) is 12. The molecule has 6 rings (SSSR count). The Bertz CT molecular complexity index is 1910. The second kappa shape index (κ2) is 10.6. The number of phenolic OH excluding ortho intramolecular Hbond substituents is 4. The first-order chi connectivity index (χ1) is 21.6. The van der Waals surface area contributed by atoms with Crippen LogP contribution in [0.3, 0.4) is 0 Å². The molecule has 2 heterocycles. The van der Waals surface area contributed by atoms with E-state index in [1.807, 2.05) is 0 Å². The van der Waals surface area contributed by atoms with Gasteiger partial charge in [0.1, 0.15) is 23.0 Å². The van der Waals surface area contributed by atoms with Gasteiger partial charge in [0.2, 0.25) is 0 Å². The third kappa shape index (κ3) is 4.48. The minimum atomic E-state index is -1.19. The van der Waals surface area contributed by atoms with Gasteiger partial charge in [-0.05, 0) is 26.0 Å². The van der Waals surface area contributed by atoms with Crippen molar-refractivity contribution in [3.05, 3.63) is 67.8 Å². The number of ketones is 4. The van der Waals surface area contributed by atoms with Crippen molar-refractivity contribution in [2.24, 2.45) is 0 Å². The van der Waals surface area contributed by atoms with Gasteiger partial charge in [-0.15, -0.1) is 0 Å². The normalized spacial score (nSPS) is 23.5. The zero-order chi connectivity index (χ0) is 33.5. The topological polar surface area (TPSA) is 242 Å². The van der Waals surface area contributed by atoms with Gasteiger partial charge >= 0.3 is 11.9 Å². The number of hydrogen-bond donors (Lipinski definition) is 6. The summed E-state index contributed by atoms with van der Waals surface area (Å²) in [5, 5.41) is 63.1. The molecule has 0 aromatic heterocycles. The van der Waals surface area contributed by atoms with E-state index >= 15 is 0 Å².